The zero-order valence-corrected chi connectivity index (χ0v) is 11.6. The van der Waals surface area contributed by atoms with Gasteiger partial charge in [-0.05, 0) is 29.8 Å². The van der Waals surface area contributed by atoms with Crippen molar-refractivity contribution in [3.05, 3.63) is 71.7 Å². The SMILES string of the molecule is CN(Cc1ccccc1)C(=O)c1cc2ccc(F)cc2[nH]1. The van der Waals surface area contributed by atoms with E-state index in [1.165, 1.54) is 12.1 Å². The number of carbonyl (C=O) groups excluding carboxylic acids is 1. The maximum Gasteiger partial charge on any atom is 0.270 e. The summed E-state index contributed by atoms with van der Waals surface area (Å²) in [7, 11) is 1.75. The molecule has 0 aliphatic carbocycles. The van der Waals surface area contributed by atoms with Crippen molar-refractivity contribution < 1.29 is 9.18 Å². The van der Waals surface area contributed by atoms with Crippen molar-refractivity contribution in [2.45, 2.75) is 6.54 Å². The van der Waals surface area contributed by atoms with Crippen molar-refractivity contribution in [3.8, 4) is 0 Å². The molecule has 0 bridgehead atoms. The summed E-state index contributed by atoms with van der Waals surface area (Å²) >= 11 is 0. The molecule has 106 valence electrons. The highest BCUT2D eigenvalue weighted by molar-refractivity contribution is 5.97. The fourth-order valence-corrected chi connectivity index (χ4v) is 2.35. The minimum atomic E-state index is -0.319. The number of nitrogens with one attached hydrogen (secondary N) is 1. The van der Waals surface area contributed by atoms with Gasteiger partial charge in [0.05, 0.1) is 0 Å². The summed E-state index contributed by atoms with van der Waals surface area (Å²) in [6.45, 7) is 0.531. The Balaban J connectivity index is 1.82. The van der Waals surface area contributed by atoms with Crippen molar-refractivity contribution >= 4 is 16.8 Å². The van der Waals surface area contributed by atoms with Gasteiger partial charge in [-0.3, -0.25) is 4.79 Å². The van der Waals surface area contributed by atoms with Crippen LogP contribution in [0.1, 0.15) is 16.1 Å². The summed E-state index contributed by atoms with van der Waals surface area (Å²) < 4.78 is 13.2. The molecule has 1 amide bonds. The number of amides is 1. The Morgan fingerprint density at radius 1 is 1.14 bits per heavy atom. The molecule has 0 spiro atoms. The summed E-state index contributed by atoms with van der Waals surface area (Å²) in [5.41, 5.74) is 2.16. The van der Waals surface area contributed by atoms with E-state index < -0.39 is 0 Å². The van der Waals surface area contributed by atoms with E-state index in [0.717, 1.165) is 10.9 Å². The molecular formula is C17H15FN2O. The maximum atomic E-state index is 13.2. The van der Waals surface area contributed by atoms with Gasteiger partial charge in [0.1, 0.15) is 11.5 Å². The molecule has 0 aliphatic heterocycles. The Kier molecular flexibility index (Phi) is 3.44. The number of aromatic nitrogens is 1. The molecule has 0 atom stereocenters. The number of hydrogen-bond acceptors (Lipinski definition) is 1. The highest BCUT2D eigenvalue weighted by Gasteiger charge is 2.14. The van der Waals surface area contributed by atoms with Gasteiger partial charge in [0, 0.05) is 24.5 Å². The van der Waals surface area contributed by atoms with Gasteiger partial charge in [0.25, 0.3) is 5.91 Å². The predicted octanol–water partition coefficient (Wildman–Crippen LogP) is 3.58. The minimum Gasteiger partial charge on any atom is -0.350 e. The molecule has 21 heavy (non-hydrogen) atoms. The number of carbonyl (C=O) groups is 1. The van der Waals surface area contributed by atoms with Gasteiger partial charge in [0.15, 0.2) is 0 Å². The van der Waals surface area contributed by atoms with Crippen molar-refractivity contribution in [3.63, 3.8) is 0 Å². The molecule has 0 fully saturated rings. The van der Waals surface area contributed by atoms with Gasteiger partial charge in [-0.2, -0.15) is 0 Å². The molecule has 0 saturated carbocycles. The number of H-pyrrole nitrogens is 1. The van der Waals surface area contributed by atoms with Crippen LogP contribution in [-0.2, 0) is 6.54 Å². The van der Waals surface area contributed by atoms with Crippen LogP contribution in [0.2, 0.25) is 0 Å². The topological polar surface area (TPSA) is 36.1 Å². The van der Waals surface area contributed by atoms with Gasteiger partial charge < -0.3 is 9.88 Å². The first-order valence-electron chi connectivity index (χ1n) is 6.71. The summed E-state index contributed by atoms with van der Waals surface area (Å²) in [6, 6.07) is 16.0. The van der Waals surface area contributed by atoms with Crippen LogP contribution in [0.3, 0.4) is 0 Å². The lowest BCUT2D eigenvalue weighted by molar-refractivity contribution is 0.0780. The zero-order chi connectivity index (χ0) is 14.8. The van der Waals surface area contributed by atoms with Crippen LogP contribution in [0.4, 0.5) is 4.39 Å². The average molecular weight is 282 g/mol. The molecule has 0 radical (unpaired) electrons. The first kappa shape index (κ1) is 13.4. The smallest absolute Gasteiger partial charge is 0.270 e. The summed E-state index contributed by atoms with van der Waals surface area (Å²) in [5, 5.41) is 0.827. The van der Waals surface area contributed by atoms with E-state index in [4.69, 9.17) is 0 Å². The second kappa shape index (κ2) is 5.40. The lowest BCUT2D eigenvalue weighted by atomic mass is 10.2. The first-order valence-corrected chi connectivity index (χ1v) is 6.71. The molecule has 1 heterocycles. The molecule has 0 aliphatic rings. The zero-order valence-electron chi connectivity index (χ0n) is 11.6. The second-order valence-electron chi connectivity index (χ2n) is 5.06. The molecule has 0 unspecified atom stereocenters. The lowest BCUT2D eigenvalue weighted by Gasteiger charge is -2.16. The summed E-state index contributed by atoms with van der Waals surface area (Å²) in [5.74, 6) is -0.434. The third-order valence-corrected chi connectivity index (χ3v) is 3.42. The van der Waals surface area contributed by atoms with Crippen LogP contribution in [0.15, 0.2) is 54.6 Å². The van der Waals surface area contributed by atoms with E-state index in [-0.39, 0.29) is 11.7 Å². The van der Waals surface area contributed by atoms with Crippen LogP contribution in [-0.4, -0.2) is 22.8 Å². The predicted molar refractivity (Wildman–Crippen MR) is 80.5 cm³/mol. The normalized spacial score (nSPS) is 10.8. The fourth-order valence-electron chi connectivity index (χ4n) is 2.35. The summed E-state index contributed by atoms with van der Waals surface area (Å²) in [6.07, 6.45) is 0. The molecule has 4 heteroatoms. The number of nitrogens with zero attached hydrogens (tertiary/aromatic N) is 1. The van der Waals surface area contributed by atoms with Crippen molar-refractivity contribution in [2.75, 3.05) is 7.05 Å². The van der Waals surface area contributed by atoms with Gasteiger partial charge >= 0.3 is 0 Å². The molecule has 1 N–H and O–H groups in total. The Morgan fingerprint density at radius 3 is 2.67 bits per heavy atom. The highest BCUT2D eigenvalue weighted by atomic mass is 19.1. The Bertz CT molecular complexity index is 780. The Hall–Kier alpha value is -2.62. The average Bonchev–Trinajstić information content (AvgIpc) is 2.90. The molecular weight excluding hydrogens is 267 g/mol. The molecule has 0 saturated heterocycles. The minimum absolute atomic E-state index is 0.115. The number of rotatable bonds is 3. The quantitative estimate of drug-likeness (QED) is 0.783. The molecule has 3 rings (SSSR count). The van der Waals surface area contributed by atoms with E-state index in [1.807, 2.05) is 30.3 Å². The monoisotopic (exact) mass is 282 g/mol. The van der Waals surface area contributed by atoms with E-state index in [9.17, 15) is 9.18 Å². The Labute approximate surface area is 122 Å². The first-order chi connectivity index (χ1) is 10.1. The Morgan fingerprint density at radius 2 is 1.90 bits per heavy atom. The third-order valence-electron chi connectivity index (χ3n) is 3.42. The van der Waals surface area contributed by atoms with Gasteiger partial charge in [0.2, 0.25) is 0 Å². The molecule has 1 aromatic heterocycles. The number of fused-ring (bicyclic) bond motifs is 1. The standard InChI is InChI=1S/C17H15FN2O/c1-20(11-12-5-3-2-4-6-12)17(21)16-9-13-7-8-14(18)10-15(13)19-16/h2-10,19H,11H2,1H3. The van der Waals surface area contributed by atoms with E-state index >= 15 is 0 Å². The third kappa shape index (κ3) is 2.79. The maximum absolute atomic E-state index is 13.2. The summed E-state index contributed by atoms with van der Waals surface area (Å²) in [4.78, 5) is 17.0. The number of benzene rings is 2. The molecule has 3 nitrogen and oxygen atoms in total. The van der Waals surface area contributed by atoms with Crippen LogP contribution in [0.5, 0.6) is 0 Å². The van der Waals surface area contributed by atoms with Gasteiger partial charge in [-0.25, -0.2) is 4.39 Å². The van der Waals surface area contributed by atoms with E-state index in [1.54, 1.807) is 24.1 Å². The van der Waals surface area contributed by atoms with E-state index in [0.29, 0.717) is 17.8 Å². The van der Waals surface area contributed by atoms with E-state index in [2.05, 4.69) is 4.98 Å². The number of halogens is 1. The second-order valence-corrected chi connectivity index (χ2v) is 5.06. The number of aromatic amines is 1. The molecule has 2 aromatic carbocycles. The highest BCUT2D eigenvalue weighted by Crippen LogP contribution is 2.18. The number of hydrogen-bond donors (Lipinski definition) is 1. The largest absolute Gasteiger partial charge is 0.350 e. The molecule has 3 aromatic rings. The van der Waals surface area contributed by atoms with Crippen LogP contribution >= 0.6 is 0 Å². The van der Waals surface area contributed by atoms with Crippen LogP contribution in [0.25, 0.3) is 10.9 Å². The van der Waals surface area contributed by atoms with Crippen molar-refractivity contribution in [2.24, 2.45) is 0 Å². The van der Waals surface area contributed by atoms with Gasteiger partial charge in [-0.15, -0.1) is 0 Å². The van der Waals surface area contributed by atoms with Crippen LogP contribution in [0, 0.1) is 5.82 Å². The van der Waals surface area contributed by atoms with Crippen LogP contribution < -0.4 is 0 Å². The van der Waals surface area contributed by atoms with Crippen molar-refractivity contribution in [1.82, 2.24) is 9.88 Å². The fraction of sp³-hybridized carbons (Fsp3) is 0.118. The lowest BCUT2D eigenvalue weighted by Crippen LogP contribution is -2.26. The van der Waals surface area contributed by atoms with Gasteiger partial charge in [-0.1, -0.05) is 30.3 Å². The van der Waals surface area contributed by atoms with Crippen molar-refractivity contribution in [1.29, 1.82) is 0 Å².